The fraction of sp³-hybridized carbons (Fsp3) is 0.941. The van der Waals surface area contributed by atoms with Crippen molar-refractivity contribution in [2.24, 2.45) is 0 Å². The number of unbranched alkanes of at least 4 members (excludes halogenated alkanes) is 28. The van der Waals surface area contributed by atoms with Crippen molar-refractivity contribution in [2.75, 3.05) is 26.9 Å². The van der Waals surface area contributed by atoms with Crippen LogP contribution in [-0.2, 0) is 38.1 Å². The van der Waals surface area contributed by atoms with Gasteiger partial charge >= 0.3 is 17.9 Å². The Kier molecular flexibility index (Phi) is 39.3. The van der Waals surface area contributed by atoms with Crippen LogP contribution in [0.2, 0.25) is 0 Å². The summed E-state index contributed by atoms with van der Waals surface area (Å²) in [5, 5.41) is 0. The largest absolute Gasteiger partial charge is 0.463 e. The third-order valence-corrected chi connectivity index (χ3v) is 12.2. The summed E-state index contributed by atoms with van der Waals surface area (Å²) < 4.78 is 28.4. The third kappa shape index (κ3) is 37.8. The number of carbonyl (C=O) groups is 3. The second-order valence-corrected chi connectivity index (χ2v) is 18.3. The van der Waals surface area contributed by atoms with Crippen molar-refractivity contribution in [1.29, 1.82) is 0 Å². The Morgan fingerprint density at radius 2 is 0.831 bits per heavy atom. The molecular formula is C51H98O8. The Hall–Kier alpha value is -1.67. The Morgan fingerprint density at radius 3 is 1.20 bits per heavy atom. The number of rotatable bonds is 45. The molecule has 0 aromatic rings. The van der Waals surface area contributed by atoms with Crippen LogP contribution in [0.4, 0.5) is 0 Å². The van der Waals surface area contributed by atoms with E-state index in [0.717, 1.165) is 44.9 Å². The van der Waals surface area contributed by atoms with Gasteiger partial charge in [0.15, 0.2) is 0 Å². The second kappa shape index (κ2) is 40.4. The van der Waals surface area contributed by atoms with E-state index in [-0.39, 0.29) is 31.2 Å². The minimum Gasteiger partial charge on any atom is -0.463 e. The van der Waals surface area contributed by atoms with Crippen LogP contribution >= 0.6 is 0 Å². The van der Waals surface area contributed by atoms with Gasteiger partial charge < -0.3 is 23.7 Å². The van der Waals surface area contributed by atoms with Crippen LogP contribution in [-0.4, -0.2) is 62.1 Å². The van der Waals surface area contributed by atoms with Gasteiger partial charge in [0.25, 0.3) is 0 Å². The number of hydrogen-bond donors (Lipinski definition) is 0. The van der Waals surface area contributed by atoms with Crippen LogP contribution in [0, 0.1) is 0 Å². The van der Waals surface area contributed by atoms with E-state index in [0.29, 0.717) is 25.9 Å². The van der Waals surface area contributed by atoms with Crippen molar-refractivity contribution in [2.45, 2.75) is 284 Å². The van der Waals surface area contributed by atoms with Crippen molar-refractivity contribution in [3.05, 3.63) is 0 Å². The molecule has 0 aromatic carbocycles. The lowest BCUT2D eigenvalue weighted by Crippen LogP contribution is -2.36. The first-order chi connectivity index (χ1) is 28.5. The molecule has 2 unspecified atom stereocenters. The SMILES string of the molecule is CCCCCCCCCCCCCCCCCC(=O)OCC(OC(=O)CCCCCCCCCCCCCCCCC)C(=O)OCCC(C)(CC)OCCC(C)(C)OC. The molecular weight excluding hydrogens is 741 g/mol. The first-order valence-corrected chi connectivity index (χ1v) is 25.2. The second-order valence-electron chi connectivity index (χ2n) is 18.3. The van der Waals surface area contributed by atoms with Crippen LogP contribution in [0.3, 0.4) is 0 Å². The normalized spacial score (nSPS) is 13.3. The summed E-state index contributed by atoms with van der Waals surface area (Å²) in [5.41, 5.74) is -0.766. The van der Waals surface area contributed by atoms with Crippen molar-refractivity contribution in [3.8, 4) is 0 Å². The number of methoxy groups -OCH3 is 1. The maximum absolute atomic E-state index is 13.2. The van der Waals surface area contributed by atoms with E-state index >= 15 is 0 Å². The first kappa shape index (κ1) is 57.3. The van der Waals surface area contributed by atoms with Crippen molar-refractivity contribution in [3.63, 3.8) is 0 Å². The average molecular weight is 839 g/mol. The topological polar surface area (TPSA) is 97.4 Å². The minimum atomic E-state index is -1.28. The lowest BCUT2D eigenvalue weighted by molar-refractivity contribution is -0.175. The molecule has 8 heteroatoms. The van der Waals surface area contributed by atoms with Crippen molar-refractivity contribution < 1.29 is 38.1 Å². The van der Waals surface area contributed by atoms with E-state index < -0.39 is 23.6 Å². The molecule has 59 heavy (non-hydrogen) atoms. The Morgan fingerprint density at radius 1 is 0.458 bits per heavy atom. The molecule has 0 fully saturated rings. The highest BCUT2D eigenvalue weighted by Crippen LogP contribution is 2.23. The lowest BCUT2D eigenvalue weighted by Gasteiger charge is -2.31. The summed E-state index contributed by atoms with van der Waals surface area (Å²) in [4.78, 5) is 38.7. The number of ether oxygens (including phenoxy) is 5. The summed E-state index contributed by atoms with van der Waals surface area (Å²) in [7, 11) is 1.69. The quantitative estimate of drug-likeness (QED) is 0.0340. The molecule has 2 atom stereocenters. The zero-order valence-electron chi connectivity index (χ0n) is 40.2. The van der Waals surface area contributed by atoms with Gasteiger partial charge in [-0.1, -0.05) is 201 Å². The number of hydrogen-bond acceptors (Lipinski definition) is 8. The fourth-order valence-electron chi connectivity index (χ4n) is 7.35. The molecule has 350 valence electrons. The summed E-state index contributed by atoms with van der Waals surface area (Å²) in [6, 6.07) is 0. The highest BCUT2D eigenvalue weighted by Gasteiger charge is 2.29. The van der Waals surface area contributed by atoms with Crippen molar-refractivity contribution in [1.82, 2.24) is 0 Å². The van der Waals surface area contributed by atoms with Gasteiger partial charge in [0.2, 0.25) is 6.10 Å². The molecule has 0 aliphatic rings. The zero-order chi connectivity index (χ0) is 43.7. The molecule has 0 rings (SSSR count). The van der Waals surface area contributed by atoms with Gasteiger partial charge in [0.05, 0.1) is 24.4 Å². The minimum absolute atomic E-state index is 0.108. The molecule has 0 radical (unpaired) electrons. The van der Waals surface area contributed by atoms with Crippen LogP contribution in [0.1, 0.15) is 266 Å². The monoisotopic (exact) mass is 839 g/mol. The predicted octanol–water partition coefficient (Wildman–Crippen LogP) is 14.9. The molecule has 0 heterocycles. The molecule has 0 aliphatic heterocycles. The van der Waals surface area contributed by atoms with E-state index in [4.69, 9.17) is 23.7 Å². The van der Waals surface area contributed by atoms with Crippen LogP contribution < -0.4 is 0 Å². The summed E-state index contributed by atoms with van der Waals surface area (Å²) in [6.45, 7) is 12.9. The Balaban J connectivity index is 4.58. The van der Waals surface area contributed by atoms with Gasteiger partial charge in [-0.15, -0.1) is 0 Å². The van der Waals surface area contributed by atoms with Crippen LogP contribution in [0.15, 0.2) is 0 Å². The van der Waals surface area contributed by atoms with Gasteiger partial charge in [-0.3, -0.25) is 9.59 Å². The van der Waals surface area contributed by atoms with Gasteiger partial charge in [0.1, 0.15) is 6.61 Å². The van der Waals surface area contributed by atoms with Gasteiger partial charge in [-0.25, -0.2) is 4.79 Å². The van der Waals surface area contributed by atoms with Crippen molar-refractivity contribution >= 4 is 17.9 Å². The number of carbonyl (C=O) groups excluding carboxylic acids is 3. The molecule has 8 nitrogen and oxygen atoms in total. The van der Waals surface area contributed by atoms with Crippen LogP contribution in [0.25, 0.3) is 0 Å². The van der Waals surface area contributed by atoms with Gasteiger partial charge in [-0.05, 0) is 46.5 Å². The predicted molar refractivity (Wildman–Crippen MR) is 246 cm³/mol. The molecule has 0 aliphatic carbocycles. The smallest absolute Gasteiger partial charge is 0.351 e. The third-order valence-electron chi connectivity index (χ3n) is 12.2. The molecule has 0 N–H and O–H groups in total. The lowest BCUT2D eigenvalue weighted by atomic mass is 9.99. The molecule has 0 amide bonds. The fourth-order valence-corrected chi connectivity index (χ4v) is 7.35. The molecule has 0 aromatic heterocycles. The van der Waals surface area contributed by atoms with E-state index in [1.807, 2.05) is 27.7 Å². The Labute approximate surface area is 365 Å². The van der Waals surface area contributed by atoms with Gasteiger partial charge in [-0.2, -0.15) is 0 Å². The van der Waals surface area contributed by atoms with Crippen LogP contribution in [0.5, 0.6) is 0 Å². The standard InChI is InChI=1S/C51H98O8/c1-8-11-13-15-17-19-21-23-25-27-29-31-33-35-37-39-47(52)57-45-46(49(54)56-43-42-51(6,10-3)58-44-41-50(4,5)55-7)59-48(53)40-38-36-34-32-30-28-26-24-22-20-18-16-14-12-9-2/h46H,8-45H2,1-7H3. The Bertz CT molecular complexity index is 967. The summed E-state index contributed by atoms with van der Waals surface area (Å²) in [6.07, 6.45) is 38.8. The molecule has 0 saturated heterocycles. The molecule has 0 spiro atoms. The zero-order valence-corrected chi connectivity index (χ0v) is 40.2. The van der Waals surface area contributed by atoms with E-state index in [2.05, 4.69) is 13.8 Å². The molecule has 0 saturated carbocycles. The number of esters is 3. The highest BCUT2D eigenvalue weighted by atomic mass is 16.6. The van der Waals surface area contributed by atoms with Gasteiger partial charge in [0, 0.05) is 26.4 Å². The molecule has 0 bridgehead atoms. The maximum atomic E-state index is 13.2. The average Bonchev–Trinajstić information content (AvgIpc) is 3.22. The maximum Gasteiger partial charge on any atom is 0.351 e. The first-order valence-electron chi connectivity index (χ1n) is 25.2. The summed E-state index contributed by atoms with van der Waals surface area (Å²) in [5.74, 6) is -1.52. The highest BCUT2D eigenvalue weighted by molar-refractivity contribution is 5.80. The van der Waals surface area contributed by atoms with E-state index in [1.54, 1.807) is 7.11 Å². The summed E-state index contributed by atoms with van der Waals surface area (Å²) >= 11 is 0. The van der Waals surface area contributed by atoms with E-state index in [9.17, 15) is 14.4 Å². The van der Waals surface area contributed by atoms with E-state index in [1.165, 1.54) is 154 Å².